The maximum Gasteiger partial charge on any atom is 0.411 e. The molecule has 6 heteroatoms. The molecule has 0 aromatic rings. The summed E-state index contributed by atoms with van der Waals surface area (Å²) in [6, 6.07) is 0. The van der Waals surface area contributed by atoms with E-state index in [9.17, 15) is 18.0 Å². The highest BCUT2D eigenvalue weighted by Crippen LogP contribution is 2.16. The monoisotopic (exact) mass is 198 g/mol. The first-order valence-corrected chi connectivity index (χ1v) is 3.39. The molecule has 0 fully saturated rings. The quantitative estimate of drug-likeness (QED) is 0.682. The van der Waals surface area contributed by atoms with Crippen LogP contribution in [0.4, 0.5) is 13.2 Å². The number of halogens is 3. The van der Waals surface area contributed by atoms with Gasteiger partial charge in [0.25, 0.3) is 0 Å². The second-order valence-electron chi connectivity index (χ2n) is 2.28. The van der Waals surface area contributed by atoms with Crippen molar-refractivity contribution in [2.45, 2.75) is 18.7 Å². The molecule has 0 bridgehead atoms. The fraction of sp³-hybridized carbons (Fsp3) is 0.571. The fourth-order valence-electron chi connectivity index (χ4n) is 0.587. The molecule has 0 heterocycles. The smallest absolute Gasteiger partial charge is 0.411 e. The van der Waals surface area contributed by atoms with Gasteiger partial charge in [-0.1, -0.05) is 6.08 Å². The highest BCUT2D eigenvalue weighted by molar-refractivity contribution is 5.72. The lowest BCUT2D eigenvalue weighted by molar-refractivity contribution is -0.192. The number of alkyl halides is 3. The first-order chi connectivity index (χ1) is 5.87. The molecule has 0 amide bonds. The number of ether oxygens (including phenoxy) is 1. The van der Waals surface area contributed by atoms with Crippen LogP contribution < -0.4 is 0 Å². The zero-order valence-electron chi connectivity index (χ0n) is 6.67. The lowest BCUT2D eigenvalue weighted by Crippen LogP contribution is -2.28. The third kappa shape index (κ3) is 6.15. The van der Waals surface area contributed by atoms with Crippen LogP contribution in [-0.4, -0.2) is 30.0 Å². The van der Waals surface area contributed by atoms with E-state index in [1.165, 1.54) is 6.08 Å². The molecule has 13 heavy (non-hydrogen) atoms. The molecule has 0 spiro atoms. The van der Waals surface area contributed by atoms with Gasteiger partial charge in [0, 0.05) is 6.42 Å². The Morgan fingerprint density at radius 1 is 1.62 bits per heavy atom. The molecule has 0 rings (SSSR count). The minimum atomic E-state index is -4.51. The minimum Gasteiger partial charge on any atom is -0.479 e. The number of carboxylic acid groups (broad SMARTS) is 1. The van der Waals surface area contributed by atoms with Gasteiger partial charge in [0.1, 0.15) is 6.61 Å². The molecule has 0 radical (unpaired) electrons. The van der Waals surface area contributed by atoms with E-state index in [1.807, 2.05) is 0 Å². The summed E-state index contributed by atoms with van der Waals surface area (Å²) in [4.78, 5) is 10.3. The van der Waals surface area contributed by atoms with Gasteiger partial charge in [-0.2, -0.15) is 13.2 Å². The van der Waals surface area contributed by atoms with Gasteiger partial charge in [-0.15, -0.1) is 6.58 Å². The zero-order chi connectivity index (χ0) is 10.5. The van der Waals surface area contributed by atoms with Crippen LogP contribution in [0.25, 0.3) is 0 Å². The Bertz CT molecular complexity index is 188. The van der Waals surface area contributed by atoms with E-state index in [-0.39, 0.29) is 6.42 Å². The first kappa shape index (κ1) is 12.0. The molecule has 0 aromatic heterocycles. The predicted molar refractivity (Wildman–Crippen MR) is 38.2 cm³/mol. The molecule has 0 aromatic carbocycles. The van der Waals surface area contributed by atoms with Gasteiger partial charge >= 0.3 is 12.1 Å². The van der Waals surface area contributed by atoms with Gasteiger partial charge in [0.15, 0.2) is 6.10 Å². The van der Waals surface area contributed by atoms with Crippen LogP contribution in [0.2, 0.25) is 0 Å². The van der Waals surface area contributed by atoms with Crippen molar-refractivity contribution in [3.63, 3.8) is 0 Å². The maximum absolute atomic E-state index is 11.6. The number of hydrogen-bond acceptors (Lipinski definition) is 2. The molecule has 0 saturated carbocycles. The Kier molecular flexibility index (Phi) is 4.47. The summed E-state index contributed by atoms with van der Waals surface area (Å²) >= 11 is 0. The maximum atomic E-state index is 11.6. The molecule has 0 aliphatic carbocycles. The number of carbonyl (C=O) groups is 1. The van der Waals surface area contributed by atoms with Crippen molar-refractivity contribution in [1.29, 1.82) is 0 Å². The van der Waals surface area contributed by atoms with Crippen molar-refractivity contribution in [1.82, 2.24) is 0 Å². The van der Waals surface area contributed by atoms with Gasteiger partial charge in [-0.05, 0) is 0 Å². The van der Waals surface area contributed by atoms with E-state index in [0.29, 0.717) is 0 Å². The van der Waals surface area contributed by atoms with Crippen molar-refractivity contribution in [2.75, 3.05) is 6.61 Å². The number of aliphatic carboxylic acids is 1. The Hall–Kier alpha value is -1.04. The molecule has 0 saturated heterocycles. The molecule has 3 nitrogen and oxygen atoms in total. The van der Waals surface area contributed by atoms with Crippen molar-refractivity contribution < 1.29 is 27.8 Å². The van der Waals surface area contributed by atoms with Crippen molar-refractivity contribution in [3.8, 4) is 0 Å². The molecule has 76 valence electrons. The molecular weight excluding hydrogens is 189 g/mol. The fourth-order valence-corrected chi connectivity index (χ4v) is 0.587. The van der Waals surface area contributed by atoms with Gasteiger partial charge in [0.2, 0.25) is 0 Å². The van der Waals surface area contributed by atoms with E-state index in [0.717, 1.165) is 0 Å². The third-order valence-electron chi connectivity index (χ3n) is 1.10. The molecular formula is C7H9F3O3. The normalized spacial score (nSPS) is 13.8. The van der Waals surface area contributed by atoms with Crippen molar-refractivity contribution in [3.05, 3.63) is 12.7 Å². The Morgan fingerprint density at radius 2 is 2.15 bits per heavy atom. The second-order valence-corrected chi connectivity index (χ2v) is 2.28. The van der Waals surface area contributed by atoms with Crippen LogP contribution in [0, 0.1) is 0 Å². The second kappa shape index (κ2) is 4.86. The summed E-state index contributed by atoms with van der Waals surface area (Å²) in [5.74, 6) is -1.43. The summed E-state index contributed by atoms with van der Waals surface area (Å²) < 4.78 is 38.8. The molecule has 0 aliphatic rings. The number of rotatable bonds is 5. The summed E-state index contributed by atoms with van der Waals surface area (Å²) in [5, 5.41) is 8.36. The van der Waals surface area contributed by atoms with Crippen LogP contribution >= 0.6 is 0 Å². The summed E-state index contributed by atoms with van der Waals surface area (Å²) in [5.41, 5.74) is 0. The Balaban J connectivity index is 3.97. The lowest BCUT2D eigenvalue weighted by Gasteiger charge is -2.12. The largest absolute Gasteiger partial charge is 0.479 e. The molecule has 1 atom stereocenters. The Morgan fingerprint density at radius 3 is 2.46 bits per heavy atom. The summed E-state index contributed by atoms with van der Waals surface area (Å²) in [6.45, 7) is 1.64. The van der Waals surface area contributed by atoms with Crippen LogP contribution in [-0.2, 0) is 9.53 Å². The lowest BCUT2D eigenvalue weighted by atomic mass is 10.2. The van der Waals surface area contributed by atoms with E-state index >= 15 is 0 Å². The van der Waals surface area contributed by atoms with E-state index in [1.54, 1.807) is 0 Å². The van der Waals surface area contributed by atoms with E-state index in [2.05, 4.69) is 11.3 Å². The summed E-state index contributed by atoms with van der Waals surface area (Å²) in [7, 11) is 0. The molecule has 0 aliphatic heterocycles. The van der Waals surface area contributed by atoms with E-state index in [4.69, 9.17) is 5.11 Å². The zero-order valence-corrected chi connectivity index (χ0v) is 6.67. The first-order valence-electron chi connectivity index (χ1n) is 3.39. The standard InChI is InChI=1S/C7H9F3O3/c1-2-3-5(6(11)12)13-4-7(8,9)10/h2,5H,1,3-4H2,(H,11,12). The Labute approximate surface area is 72.8 Å². The van der Waals surface area contributed by atoms with Crippen LogP contribution in [0.1, 0.15) is 6.42 Å². The minimum absolute atomic E-state index is 0.147. The van der Waals surface area contributed by atoms with Crippen LogP contribution in [0.15, 0.2) is 12.7 Å². The van der Waals surface area contributed by atoms with Gasteiger partial charge in [-0.3, -0.25) is 0 Å². The SMILES string of the molecule is C=CCC(OCC(F)(F)F)C(=O)O. The molecule has 1 unspecified atom stereocenters. The number of hydrogen-bond donors (Lipinski definition) is 1. The molecule has 1 N–H and O–H groups in total. The predicted octanol–water partition coefficient (Wildman–Crippen LogP) is 1.59. The van der Waals surface area contributed by atoms with E-state index < -0.39 is 24.9 Å². The van der Waals surface area contributed by atoms with Crippen molar-refractivity contribution >= 4 is 5.97 Å². The van der Waals surface area contributed by atoms with Gasteiger partial charge in [0.05, 0.1) is 0 Å². The van der Waals surface area contributed by atoms with Crippen LogP contribution in [0.3, 0.4) is 0 Å². The summed E-state index contributed by atoms with van der Waals surface area (Å²) in [6.07, 6.45) is -4.94. The number of carboxylic acids is 1. The van der Waals surface area contributed by atoms with Gasteiger partial charge < -0.3 is 9.84 Å². The third-order valence-corrected chi connectivity index (χ3v) is 1.10. The average molecular weight is 198 g/mol. The topological polar surface area (TPSA) is 46.5 Å². The van der Waals surface area contributed by atoms with Crippen molar-refractivity contribution in [2.24, 2.45) is 0 Å². The van der Waals surface area contributed by atoms with Gasteiger partial charge in [-0.25, -0.2) is 4.79 Å². The average Bonchev–Trinajstić information content (AvgIpc) is 1.95. The highest BCUT2D eigenvalue weighted by atomic mass is 19.4. The van der Waals surface area contributed by atoms with Crippen LogP contribution in [0.5, 0.6) is 0 Å². The highest BCUT2D eigenvalue weighted by Gasteiger charge is 2.30.